The lowest BCUT2D eigenvalue weighted by Gasteiger charge is -2.35. The van der Waals surface area contributed by atoms with Gasteiger partial charge in [-0.05, 0) is 30.5 Å². The van der Waals surface area contributed by atoms with Crippen LogP contribution in [-0.2, 0) is 16.0 Å². The lowest BCUT2D eigenvalue weighted by atomic mass is 10.0. The van der Waals surface area contributed by atoms with E-state index in [1.807, 2.05) is 6.07 Å². The summed E-state index contributed by atoms with van der Waals surface area (Å²) in [5.74, 6) is -1.29. The summed E-state index contributed by atoms with van der Waals surface area (Å²) in [6.45, 7) is 3.05. The summed E-state index contributed by atoms with van der Waals surface area (Å²) in [6.07, 6.45) is 3.51. The Hall–Kier alpha value is -1.91. The molecule has 2 amide bonds. The molecule has 5 heteroatoms. The standard InChI is InChI=1S/C16H21FN2O2/c1-2-3-7-14-11-18-15(20)16(21)19(14)9-8-12-5-4-6-13(17)10-12/h4-6,10,14H,2-3,7-9,11H2,1H3,(H,18,20)/t14-/m1/s1. The van der Waals surface area contributed by atoms with Gasteiger partial charge in [-0.1, -0.05) is 31.9 Å². The maximum atomic E-state index is 13.2. The van der Waals surface area contributed by atoms with Crippen molar-refractivity contribution in [1.82, 2.24) is 10.2 Å². The molecule has 0 aromatic heterocycles. The molecule has 0 unspecified atom stereocenters. The van der Waals surface area contributed by atoms with Crippen LogP contribution >= 0.6 is 0 Å². The highest BCUT2D eigenvalue weighted by Gasteiger charge is 2.32. The molecule has 1 N–H and O–H groups in total. The van der Waals surface area contributed by atoms with Gasteiger partial charge in [-0.25, -0.2) is 4.39 Å². The number of nitrogens with zero attached hydrogens (tertiary/aromatic N) is 1. The van der Waals surface area contributed by atoms with E-state index in [9.17, 15) is 14.0 Å². The van der Waals surface area contributed by atoms with Crippen LogP contribution in [0.15, 0.2) is 24.3 Å². The van der Waals surface area contributed by atoms with E-state index in [1.54, 1.807) is 11.0 Å². The van der Waals surface area contributed by atoms with E-state index < -0.39 is 11.8 Å². The average Bonchev–Trinajstić information content (AvgIpc) is 2.47. The van der Waals surface area contributed by atoms with Crippen LogP contribution < -0.4 is 5.32 Å². The fraction of sp³-hybridized carbons (Fsp3) is 0.500. The van der Waals surface area contributed by atoms with Crippen LogP contribution in [0.3, 0.4) is 0 Å². The van der Waals surface area contributed by atoms with Gasteiger partial charge in [0.2, 0.25) is 0 Å². The predicted molar refractivity (Wildman–Crippen MR) is 78.1 cm³/mol. The summed E-state index contributed by atoms with van der Waals surface area (Å²) in [5.41, 5.74) is 0.836. The fourth-order valence-corrected chi connectivity index (χ4v) is 2.62. The van der Waals surface area contributed by atoms with Crippen LogP contribution in [-0.4, -0.2) is 35.8 Å². The third-order valence-corrected chi connectivity index (χ3v) is 3.82. The lowest BCUT2D eigenvalue weighted by Crippen LogP contribution is -2.58. The molecule has 0 saturated carbocycles. The van der Waals surface area contributed by atoms with Crippen LogP contribution in [0.25, 0.3) is 0 Å². The third kappa shape index (κ3) is 4.03. The van der Waals surface area contributed by atoms with Gasteiger partial charge in [0.05, 0.1) is 0 Å². The number of halogens is 1. The molecule has 2 rings (SSSR count). The molecule has 0 spiro atoms. The van der Waals surface area contributed by atoms with E-state index in [0.717, 1.165) is 24.8 Å². The van der Waals surface area contributed by atoms with E-state index in [1.165, 1.54) is 12.1 Å². The Morgan fingerprint density at radius 2 is 2.19 bits per heavy atom. The number of nitrogens with one attached hydrogen (secondary N) is 1. The van der Waals surface area contributed by atoms with Gasteiger partial charge in [0, 0.05) is 19.1 Å². The molecular formula is C16H21FN2O2. The first-order chi connectivity index (χ1) is 10.1. The number of piperazine rings is 1. The minimum atomic E-state index is -0.540. The minimum Gasteiger partial charge on any atom is -0.346 e. The second-order valence-corrected chi connectivity index (χ2v) is 5.38. The topological polar surface area (TPSA) is 49.4 Å². The number of carbonyl (C=O) groups is 2. The Labute approximate surface area is 124 Å². The number of hydrogen-bond donors (Lipinski definition) is 1. The molecule has 1 atom stereocenters. The van der Waals surface area contributed by atoms with Gasteiger partial charge in [0.1, 0.15) is 5.82 Å². The van der Waals surface area contributed by atoms with Crippen LogP contribution in [0.1, 0.15) is 31.7 Å². The van der Waals surface area contributed by atoms with Gasteiger partial charge >= 0.3 is 11.8 Å². The van der Waals surface area contributed by atoms with Crippen molar-refractivity contribution in [2.45, 2.75) is 38.6 Å². The SMILES string of the molecule is CCCC[C@@H]1CNC(=O)C(=O)N1CCc1cccc(F)c1. The van der Waals surface area contributed by atoms with Crippen molar-refractivity contribution >= 4 is 11.8 Å². The van der Waals surface area contributed by atoms with E-state index in [-0.39, 0.29) is 11.9 Å². The third-order valence-electron chi connectivity index (χ3n) is 3.82. The highest BCUT2D eigenvalue weighted by molar-refractivity contribution is 6.35. The van der Waals surface area contributed by atoms with Gasteiger partial charge in [-0.15, -0.1) is 0 Å². The fourth-order valence-electron chi connectivity index (χ4n) is 2.62. The summed E-state index contributed by atoms with van der Waals surface area (Å²) < 4.78 is 13.2. The highest BCUT2D eigenvalue weighted by atomic mass is 19.1. The zero-order valence-corrected chi connectivity index (χ0v) is 12.3. The molecule has 1 fully saturated rings. The largest absolute Gasteiger partial charge is 0.346 e. The molecule has 1 saturated heterocycles. The smallest absolute Gasteiger partial charge is 0.312 e. The van der Waals surface area contributed by atoms with Crippen molar-refractivity contribution < 1.29 is 14.0 Å². The van der Waals surface area contributed by atoms with E-state index >= 15 is 0 Å². The quantitative estimate of drug-likeness (QED) is 0.814. The molecule has 1 aromatic carbocycles. The van der Waals surface area contributed by atoms with Crippen molar-refractivity contribution in [3.05, 3.63) is 35.6 Å². The summed E-state index contributed by atoms with van der Waals surface area (Å²) in [6, 6.07) is 6.40. The summed E-state index contributed by atoms with van der Waals surface area (Å²) in [5, 5.41) is 2.64. The van der Waals surface area contributed by atoms with Crippen molar-refractivity contribution in [1.29, 1.82) is 0 Å². The van der Waals surface area contributed by atoms with Gasteiger partial charge < -0.3 is 10.2 Å². The van der Waals surface area contributed by atoms with Crippen molar-refractivity contribution in [3.63, 3.8) is 0 Å². The molecule has 0 radical (unpaired) electrons. The number of hydrogen-bond acceptors (Lipinski definition) is 2. The molecule has 21 heavy (non-hydrogen) atoms. The highest BCUT2D eigenvalue weighted by Crippen LogP contribution is 2.14. The summed E-state index contributed by atoms with van der Waals surface area (Å²) in [4.78, 5) is 25.2. The second-order valence-electron chi connectivity index (χ2n) is 5.38. The molecular weight excluding hydrogens is 271 g/mol. The number of amides is 2. The summed E-state index contributed by atoms with van der Waals surface area (Å²) >= 11 is 0. The summed E-state index contributed by atoms with van der Waals surface area (Å²) in [7, 11) is 0. The lowest BCUT2D eigenvalue weighted by molar-refractivity contribution is -0.150. The van der Waals surface area contributed by atoms with Crippen molar-refractivity contribution in [2.24, 2.45) is 0 Å². The zero-order chi connectivity index (χ0) is 15.2. The molecule has 1 aromatic rings. The maximum absolute atomic E-state index is 13.2. The normalized spacial score (nSPS) is 18.8. The van der Waals surface area contributed by atoms with Crippen LogP contribution in [0.2, 0.25) is 0 Å². The van der Waals surface area contributed by atoms with Gasteiger partial charge in [0.25, 0.3) is 0 Å². The first-order valence-electron chi connectivity index (χ1n) is 7.45. The molecule has 0 aliphatic carbocycles. The molecule has 114 valence electrons. The van der Waals surface area contributed by atoms with Gasteiger partial charge in [0.15, 0.2) is 0 Å². The van der Waals surface area contributed by atoms with Crippen LogP contribution in [0.5, 0.6) is 0 Å². The van der Waals surface area contributed by atoms with E-state index in [4.69, 9.17) is 0 Å². The molecule has 1 heterocycles. The second kappa shape index (κ2) is 7.20. The van der Waals surface area contributed by atoms with Crippen molar-refractivity contribution in [2.75, 3.05) is 13.1 Å². The van der Waals surface area contributed by atoms with Crippen LogP contribution in [0, 0.1) is 5.82 Å². The minimum absolute atomic E-state index is 0.0451. The zero-order valence-electron chi connectivity index (χ0n) is 12.3. The van der Waals surface area contributed by atoms with E-state index in [2.05, 4.69) is 12.2 Å². The molecule has 4 nitrogen and oxygen atoms in total. The average molecular weight is 292 g/mol. The Balaban J connectivity index is 2.01. The monoisotopic (exact) mass is 292 g/mol. The number of unbranched alkanes of at least 4 members (excludes halogenated alkanes) is 1. The Morgan fingerprint density at radius 1 is 1.38 bits per heavy atom. The number of rotatable bonds is 6. The Bertz CT molecular complexity index is 519. The van der Waals surface area contributed by atoms with Crippen molar-refractivity contribution in [3.8, 4) is 0 Å². The van der Waals surface area contributed by atoms with Gasteiger partial charge in [-0.2, -0.15) is 0 Å². The Kier molecular flexibility index (Phi) is 5.31. The predicted octanol–water partition coefficient (Wildman–Crippen LogP) is 1.89. The molecule has 1 aliphatic rings. The Morgan fingerprint density at radius 3 is 2.90 bits per heavy atom. The first-order valence-corrected chi connectivity index (χ1v) is 7.45. The molecule has 1 aliphatic heterocycles. The first kappa shape index (κ1) is 15.5. The number of carbonyl (C=O) groups excluding carboxylic acids is 2. The van der Waals surface area contributed by atoms with E-state index in [0.29, 0.717) is 19.5 Å². The number of benzene rings is 1. The van der Waals surface area contributed by atoms with Gasteiger partial charge in [-0.3, -0.25) is 9.59 Å². The van der Waals surface area contributed by atoms with Crippen LogP contribution in [0.4, 0.5) is 4.39 Å². The molecule has 0 bridgehead atoms. The maximum Gasteiger partial charge on any atom is 0.312 e.